The third-order valence-electron chi connectivity index (χ3n) is 15.8. The van der Waals surface area contributed by atoms with Crippen LogP contribution in [0.5, 0.6) is 0 Å². The molecule has 0 unspecified atom stereocenters. The number of carbonyl (C=O) groups is 8. The number of hydrogen-bond donors (Lipinski definition) is 1. The van der Waals surface area contributed by atoms with Crippen LogP contribution in [0, 0.1) is 22.7 Å². The van der Waals surface area contributed by atoms with E-state index in [1.54, 1.807) is 26.8 Å². The molecular formula is C54H82O23. The molecule has 21 atom stereocenters. The van der Waals surface area contributed by atoms with Crippen molar-refractivity contribution in [2.75, 3.05) is 6.61 Å². The van der Waals surface area contributed by atoms with Crippen molar-refractivity contribution in [2.45, 2.75) is 252 Å². The van der Waals surface area contributed by atoms with Crippen LogP contribution >= 0.6 is 0 Å². The van der Waals surface area contributed by atoms with Crippen molar-refractivity contribution in [1.29, 1.82) is 0 Å². The van der Waals surface area contributed by atoms with Gasteiger partial charge in [0, 0.05) is 55.4 Å². The van der Waals surface area contributed by atoms with Crippen LogP contribution in [0.3, 0.4) is 0 Å². The second-order valence-corrected chi connectivity index (χ2v) is 22.3. The molecule has 2 aliphatic carbocycles. The van der Waals surface area contributed by atoms with E-state index in [1.807, 2.05) is 6.92 Å². The van der Waals surface area contributed by atoms with E-state index >= 15 is 0 Å². The largest absolute Gasteiger partial charge is 0.456 e. The number of aliphatic hydroxyl groups is 1. The van der Waals surface area contributed by atoms with Gasteiger partial charge in [-0.1, -0.05) is 26.3 Å². The maximum absolute atomic E-state index is 12.9. The van der Waals surface area contributed by atoms with Gasteiger partial charge in [0.15, 0.2) is 73.8 Å². The Morgan fingerprint density at radius 1 is 0.545 bits per heavy atom. The number of fused-ring (bicyclic) bond motifs is 1. The number of rotatable bonds is 19. The van der Waals surface area contributed by atoms with E-state index in [9.17, 15) is 43.5 Å². The highest BCUT2D eigenvalue weighted by Crippen LogP contribution is 2.63. The predicted molar refractivity (Wildman–Crippen MR) is 264 cm³/mol. The SMILES string of the molecule is C=C[C@@](C)(CC[C@H]1[C@]2(C)CCC[C@@](C)(CO[C@@H]3O[C@@H](C)[C@H](OC(C)=O)[C@@H](OC(C)=O)[C@H]3OC(C)=O)[C@H]2CC[C@@]1(C)O)O[C@@H]1O[C@@H](C)[C@H](OC(C)=O)[C@@H](OC(C)=O)[C@H]1O[C@@H]1O[C@H](C)[C@@H](OC(C)=O)[C@H](OC(C)=O)[C@H]1OC(C)=O. The molecule has 5 rings (SSSR count). The van der Waals surface area contributed by atoms with E-state index < -0.39 is 162 Å². The first-order valence-electron chi connectivity index (χ1n) is 26.4. The molecule has 0 amide bonds. The predicted octanol–water partition coefficient (Wildman–Crippen LogP) is 4.79. The van der Waals surface area contributed by atoms with Crippen LogP contribution in [0.1, 0.15) is 149 Å². The average molecular weight is 1100 g/mol. The lowest BCUT2D eigenvalue weighted by molar-refractivity contribution is -0.371. The molecule has 77 heavy (non-hydrogen) atoms. The Morgan fingerprint density at radius 3 is 1.35 bits per heavy atom. The molecule has 0 bridgehead atoms. The molecule has 0 radical (unpaired) electrons. The minimum atomic E-state index is -1.64. The molecule has 23 nitrogen and oxygen atoms in total. The molecule has 436 valence electrons. The summed E-state index contributed by atoms with van der Waals surface area (Å²) < 4.78 is 84.1. The van der Waals surface area contributed by atoms with Gasteiger partial charge in [-0.15, -0.1) is 6.58 Å². The van der Waals surface area contributed by atoms with Crippen molar-refractivity contribution in [1.82, 2.24) is 0 Å². The molecule has 0 spiro atoms. The third kappa shape index (κ3) is 15.3. The Hall–Kier alpha value is -4.78. The lowest BCUT2D eigenvalue weighted by Gasteiger charge is -2.62. The summed E-state index contributed by atoms with van der Waals surface area (Å²) in [6.07, 6.45) is -13.9. The van der Waals surface area contributed by atoms with Crippen LogP contribution < -0.4 is 0 Å². The van der Waals surface area contributed by atoms with E-state index in [2.05, 4.69) is 20.4 Å². The first-order valence-corrected chi connectivity index (χ1v) is 26.4. The maximum atomic E-state index is 12.9. The standard InChI is InChI=1S/C54H82O23/c1-17-52(14,77-50-47(44(73-34(10)60)41(28(4)67-50)70-31(7)57)76-49-46(75-36(12)62)43(72-33(9)59)40(27(3)66-49)69-30(6)56)23-19-38-53(15)22-18-21-51(13,37(53)20-24-54(38,16)63)25-64-48-45(74-35(11)61)42(71-32(8)58)39(26(2)65-48)68-29(5)55/h17,26-28,37-50,63H,1,18-25H2,2-16H3/t26-,27+,28-,37+,38-,39-,40+,41-,42+,43-,44+,45+,46+,47+,48+,49-,50-,51-,52-,53+,54+/m0/s1. The van der Waals surface area contributed by atoms with Gasteiger partial charge in [-0.2, -0.15) is 0 Å². The van der Waals surface area contributed by atoms with E-state index in [0.717, 1.165) is 53.9 Å². The summed E-state index contributed by atoms with van der Waals surface area (Å²) in [6.45, 7) is 26.2. The van der Waals surface area contributed by atoms with E-state index in [4.69, 9.17) is 66.3 Å². The lowest BCUT2D eigenvalue weighted by atomic mass is 9.44. The zero-order valence-electron chi connectivity index (χ0n) is 47.2. The summed E-state index contributed by atoms with van der Waals surface area (Å²) in [5, 5.41) is 12.4. The number of carbonyl (C=O) groups excluding carboxylic acids is 8. The Labute approximate surface area is 450 Å². The second-order valence-electron chi connectivity index (χ2n) is 22.3. The first-order chi connectivity index (χ1) is 35.7. The van der Waals surface area contributed by atoms with Crippen LogP contribution in [-0.2, 0) is 105 Å². The summed E-state index contributed by atoms with van der Waals surface area (Å²) in [5.41, 5.74) is -3.48. The minimum Gasteiger partial charge on any atom is -0.456 e. The Balaban J connectivity index is 1.46. The third-order valence-corrected chi connectivity index (χ3v) is 15.8. The number of hydrogen-bond acceptors (Lipinski definition) is 23. The quantitative estimate of drug-likeness (QED) is 0.103. The van der Waals surface area contributed by atoms with Crippen molar-refractivity contribution in [3.63, 3.8) is 0 Å². The minimum absolute atomic E-state index is 0.0292. The average Bonchev–Trinajstić information content (AvgIpc) is 3.28. The molecule has 3 saturated heterocycles. The molecule has 0 aromatic carbocycles. The van der Waals surface area contributed by atoms with Gasteiger partial charge in [-0.3, -0.25) is 38.4 Å². The Bertz CT molecular complexity index is 2160. The van der Waals surface area contributed by atoms with Gasteiger partial charge in [0.2, 0.25) is 0 Å². The van der Waals surface area contributed by atoms with Crippen LogP contribution in [-0.4, -0.2) is 163 Å². The molecule has 1 N–H and O–H groups in total. The summed E-state index contributed by atoms with van der Waals surface area (Å²) >= 11 is 0. The zero-order chi connectivity index (χ0) is 57.7. The zero-order valence-corrected chi connectivity index (χ0v) is 47.2. The van der Waals surface area contributed by atoms with E-state index in [0.29, 0.717) is 19.3 Å². The Morgan fingerprint density at radius 2 is 0.922 bits per heavy atom. The fourth-order valence-electron chi connectivity index (χ4n) is 12.7. The highest BCUT2D eigenvalue weighted by molar-refractivity contribution is 5.70. The highest BCUT2D eigenvalue weighted by Gasteiger charge is 2.61. The van der Waals surface area contributed by atoms with Gasteiger partial charge < -0.3 is 71.4 Å². The topological polar surface area (TPSA) is 286 Å². The van der Waals surface area contributed by atoms with Gasteiger partial charge in [-0.05, 0) is 95.8 Å². The van der Waals surface area contributed by atoms with Crippen LogP contribution in [0.4, 0.5) is 0 Å². The number of esters is 8. The van der Waals surface area contributed by atoms with Crippen molar-refractivity contribution < 1.29 is 110 Å². The molecule has 5 aliphatic rings. The van der Waals surface area contributed by atoms with Gasteiger partial charge >= 0.3 is 47.8 Å². The van der Waals surface area contributed by atoms with Crippen LogP contribution in [0.15, 0.2) is 12.7 Å². The van der Waals surface area contributed by atoms with Crippen molar-refractivity contribution >= 4 is 47.8 Å². The van der Waals surface area contributed by atoms with Crippen LogP contribution in [0.25, 0.3) is 0 Å². The molecular weight excluding hydrogens is 1020 g/mol. The molecule has 0 aromatic heterocycles. The fourth-order valence-corrected chi connectivity index (χ4v) is 12.7. The summed E-state index contributed by atoms with van der Waals surface area (Å²) in [5.74, 6) is -6.34. The monoisotopic (exact) mass is 1100 g/mol. The van der Waals surface area contributed by atoms with Crippen molar-refractivity contribution in [2.24, 2.45) is 22.7 Å². The summed E-state index contributed by atoms with van der Waals surface area (Å²) in [7, 11) is 0. The molecule has 2 saturated carbocycles. The molecule has 23 heteroatoms. The lowest BCUT2D eigenvalue weighted by Crippen LogP contribution is -2.66. The first kappa shape index (κ1) is 63.1. The van der Waals surface area contributed by atoms with Gasteiger partial charge in [0.25, 0.3) is 0 Å². The van der Waals surface area contributed by atoms with Gasteiger partial charge in [0.1, 0.15) is 0 Å². The molecule has 3 aliphatic heterocycles. The summed E-state index contributed by atoms with van der Waals surface area (Å²) in [4.78, 5) is 100.0. The van der Waals surface area contributed by atoms with Crippen molar-refractivity contribution in [3.05, 3.63) is 12.7 Å². The number of ether oxygens (including phenoxy) is 14. The molecule has 0 aromatic rings. The summed E-state index contributed by atoms with van der Waals surface area (Å²) in [6, 6.07) is 0. The van der Waals surface area contributed by atoms with Gasteiger partial charge in [-0.25, -0.2) is 0 Å². The molecule has 5 fully saturated rings. The smallest absolute Gasteiger partial charge is 0.303 e. The fraction of sp³-hybridized carbons (Fsp3) is 0.815. The normalized spacial score (nSPS) is 39.7. The second kappa shape index (κ2) is 25.6. The van der Waals surface area contributed by atoms with E-state index in [1.165, 1.54) is 27.7 Å². The van der Waals surface area contributed by atoms with Gasteiger partial charge in [0.05, 0.1) is 36.1 Å². The highest BCUT2D eigenvalue weighted by atomic mass is 16.8. The Kier molecular flexibility index (Phi) is 20.9. The van der Waals surface area contributed by atoms with Crippen molar-refractivity contribution in [3.8, 4) is 0 Å². The molecule has 3 heterocycles. The maximum Gasteiger partial charge on any atom is 0.303 e. The van der Waals surface area contributed by atoms with Crippen LogP contribution in [0.2, 0.25) is 0 Å². The van der Waals surface area contributed by atoms with E-state index in [-0.39, 0.29) is 24.9 Å².